The minimum absolute atomic E-state index is 0.243. The molecule has 0 amide bonds. The Kier molecular flexibility index (Phi) is 2.34. The Labute approximate surface area is 91.2 Å². The van der Waals surface area contributed by atoms with Crippen LogP contribution in [0.3, 0.4) is 0 Å². The highest BCUT2D eigenvalue weighted by Gasteiger charge is 2.07. The molecule has 1 nitrogen and oxygen atoms in total. The number of aromatic nitrogens is 1. The van der Waals surface area contributed by atoms with Crippen LogP contribution in [0, 0.1) is 5.82 Å². The zero-order valence-electron chi connectivity index (χ0n) is 6.39. The molecule has 2 rings (SSSR count). The van der Waals surface area contributed by atoms with Gasteiger partial charge in [0.25, 0.3) is 0 Å². The van der Waals surface area contributed by atoms with E-state index in [2.05, 4.69) is 36.8 Å². The van der Waals surface area contributed by atoms with Gasteiger partial charge in [-0.25, -0.2) is 9.37 Å². The molecule has 0 spiro atoms. The van der Waals surface area contributed by atoms with Gasteiger partial charge in [0.05, 0.1) is 0 Å². The summed E-state index contributed by atoms with van der Waals surface area (Å²) < 4.78 is 14.7. The van der Waals surface area contributed by atoms with Crippen LogP contribution in [-0.2, 0) is 0 Å². The molecule has 0 aliphatic heterocycles. The van der Waals surface area contributed by atoms with Crippen molar-refractivity contribution >= 4 is 42.6 Å². The van der Waals surface area contributed by atoms with Gasteiger partial charge in [0, 0.05) is 21.4 Å². The Morgan fingerprint density at radius 3 is 2.69 bits per heavy atom. The van der Waals surface area contributed by atoms with Crippen LogP contribution in [0.1, 0.15) is 0 Å². The highest BCUT2D eigenvalue weighted by Crippen LogP contribution is 2.29. The molecule has 4 heteroatoms. The minimum atomic E-state index is -0.243. The molecule has 0 aliphatic carbocycles. The monoisotopic (exact) mass is 303 g/mol. The maximum atomic E-state index is 13.3. The average Bonchev–Trinajstić information content (AvgIpc) is 2.12. The summed E-state index contributed by atoms with van der Waals surface area (Å²) in [6, 6.07) is 4.91. The molecular weight excluding hydrogens is 301 g/mol. The lowest BCUT2D eigenvalue weighted by molar-refractivity contribution is 0.639. The SMILES string of the molecule is Fc1cccc2c(Br)ncc(Br)c12. The van der Waals surface area contributed by atoms with Gasteiger partial charge in [-0.2, -0.15) is 0 Å². The fraction of sp³-hybridized carbons (Fsp3) is 0. The van der Waals surface area contributed by atoms with Gasteiger partial charge in [-0.3, -0.25) is 0 Å². The van der Waals surface area contributed by atoms with E-state index in [0.717, 1.165) is 5.39 Å². The van der Waals surface area contributed by atoms with Gasteiger partial charge < -0.3 is 0 Å². The lowest BCUT2D eigenvalue weighted by atomic mass is 10.2. The van der Waals surface area contributed by atoms with Crippen molar-refractivity contribution in [1.29, 1.82) is 0 Å². The number of pyridine rings is 1. The summed E-state index contributed by atoms with van der Waals surface area (Å²) in [7, 11) is 0. The third kappa shape index (κ3) is 1.48. The fourth-order valence-corrected chi connectivity index (χ4v) is 2.12. The summed E-state index contributed by atoms with van der Waals surface area (Å²) in [5.41, 5.74) is 0. The van der Waals surface area contributed by atoms with Crippen molar-refractivity contribution in [2.75, 3.05) is 0 Å². The molecule has 0 N–H and O–H groups in total. The van der Waals surface area contributed by atoms with Gasteiger partial charge in [0.1, 0.15) is 10.4 Å². The summed E-state index contributed by atoms with van der Waals surface area (Å²) >= 11 is 6.53. The van der Waals surface area contributed by atoms with E-state index in [4.69, 9.17) is 0 Å². The maximum Gasteiger partial charge on any atom is 0.132 e. The van der Waals surface area contributed by atoms with Gasteiger partial charge in [-0.1, -0.05) is 12.1 Å². The molecule has 0 aliphatic rings. The second-order valence-corrected chi connectivity index (χ2v) is 4.16. The summed E-state index contributed by atoms with van der Waals surface area (Å²) in [5, 5.41) is 1.33. The Balaban J connectivity index is 3.00. The van der Waals surface area contributed by atoms with Gasteiger partial charge >= 0.3 is 0 Å². The van der Waals surface area contributed by atoms with Gasteiger partial charge in [0.2, 0.25) is 0 Å². The summed E-state index contributed by atoms with van der Waals surface area (Å²) in [6.07, 6.45) is 1.58. The number of benzene rings is 1. The van der Waals surface area contributed by atoms with E-state index in [9.17, 15) is 4.39 Å². The van der Waals surface area contributed by atoms with E-state index in [1.807, 2.05) is 6.07 Å². The van der Waals surface area contributed by atoms with Crippen molar-refractivity contribution in [2.24, 2.45) is 0 Å². The van der Waals surface area contributed by atoms with Crippen LogP contribution in [0.15, 0.2) is 33.5 Å². The average molecular weight is 305 g/mol. The van der Waals surface area contributed by atoms with Crippen LogP contribution in [0.25, 0.3) is 10.8 Å². The first kappa shape index (κ1) is 9.09. The third-order valence-electron chi connectivity index (χ3n) is 1.77. The van der Waals surface area contributed by atoms with Crippen molar-refractivity contribution in [3.63, 3.8) is 0 Å². The first-order valence-electron chi connectivity index (χ1n) is 3.58. The van der Waals surface area contributed by atoms with Crippen molar-refractivity contribution in [1.82, 2.24) is 4.98 Å². The van der Waals surface area contributed by atoms with E-state index in [1.165, 1.54) is 6.07 Å². The molecule has 0 radical (unpaired) electrons. The van der Waals surface area contributed by atoms with Crippen LogP contribution >= 0.6 is 31.9 Å². The Bertz CT molecular complexity index is 462. The number of halogens is 3. The summed E-state index contributed by atoms with van der Waals surface area (Å²) in [6.45, 7) is 0. The zero-order chi connectivity index (χ0) is 9.42. The molecule has 0 fully saturated rings. The molecule has 1 heterocycles. The Hall–Kier alpha value is -0.480. The number of nitrogens with zero attached hydrogens (tertiary/aromatic N) is 1. The first-order chi connectivity index (χ1) is 6.20. The van der Waals surface area contributed by atoms with Gasteiger partial charge in [0.15, 0.2) is 0 Å². The highest BCUT2D eigenvalue weighted by atomic mass is 79.9. The molecule has 0 unspecified atom stereocenters. The van der Waals surface area contributed by atoms with E-state index in [0.29, 0.717) is 14.5 Å². The Morgan fingerprint density at radius 2 is 2.00 bits per heavy atom. The third-order valence-corrected chi connectivity index (χ3v) is 3.00. The van der Waals surface area contributed by atoms with E-state index in [1.54, 1.807) is 12.3 Å². The van der Waals surface area contributed by atoms with Crippen molar-refractivity contribution in [3.05, 3.63) is 39.3 Å². The molecule has 0 bridgehead atoms. The fourth-order valence-electron chi connectivity index (χ4n) is 1.19. The highest BCUT2D eigenvalue weighted by molar-refractivity contribution is 9.11. The molecule has 2 aromatic rings. The molecule has 0 saturated carbocycles. The lowest BCUT2D eigenvalue weighted by Crippen LogP contribution is -1.84. The molecule has 0 atom stereocenters. The number of hydrogen-bond acceptors (Lipinski definition) is 1. The van der Waals surface area contributed by atoms with Crippen molar-refractivity contribution < 1.29 is 4.39 Å². The molecule has 1 aromatic heterocycles. The molecule has 0 saturated heterocycles. The normalized spacial score (nSPS) is 10.7. The first-order valence-corrected chi connectivity index (χ1v) is 5.17. The van der Waals surface area contributed by atoms with Crippen LogP contribution in [0.5, 0.6) is 0 Å². The van der Waals surface area contributed by atoms with Crippen molar-refractivity contribution in [3.8, 4) is 0 Å². The summed E-state index contributed by atoms with van der Waals surface area (Å²) in [5.74, 6) is -0.243. The van der Waals surface area contributed by atoms with Crippen LogP contribution < -0.4 is 0 Å². The van der Waals surface area contributed by atoms with Crippen LogP contribution in [-0.4, -0.2) is 4.98 Å². The minimum Gasteiger partial charge on any atom is -0.248 e. The summed E-state index contributed by atoms with van der Waals surface area (Å²) in [4.78, 5) is 4.05. The molecular formula is C9H4Br2FN. The van der Waals surface area contributed by atoms with Crippen molar-refractivity contribution in [2.45, 2.75) is 0 Å². The lowest BCUT2D eigenvalue weighted by Gasteiger charge is -2.02. The molecule has 1 aromatic carbocycles. The van der Waals surface area contributed by atoms with E-state index < -0.39 is 0 Å². The Morgan fingerprint density at radius 1 is 1.23 bits per heavy atom. The quantitative estimate of drug-likeness (QED) is 0.673. The topological polar surface area (TPSA) is 12.9 Å². The maximum absolute atomic E-state index is 13.3. The number of hydrogen-bond donors (Lipinski definition) is 0. The second-order valence-electron chi connectivity index (χ2n) is 2.56. The second kappa shape index (κ2) is 3.35. The van der Waals surface area contributed by atoms with Crippen LogP contribution in [0.2, 0.25) is 0 Å². The van der Waals surface area contributed by atoms with Crippen LogP contribution in [0.4, 0.5) is 4.39 Å². The standard InChI is InChI=1S/C9H4Br2FN/c10-6-4-13-9(11)5-2-1-3-7(12)8(5)6/h1-4H. The number of rotatable bonds is 0. The van der Waals surface area contributed by atoms with E-state index in [-0.39, 0.29) is 5.82 Å². The number of fused-ring (bicyclic) bond motifs is 1. The predicted molar refractivity (Wildman–Crippen MR) is 57.1 cm³/mol. The zero-order valence-corrected chi connectivity index (χ0v) is 9.56. The largest absolute Gasteiger partial charge is 0.248 e. The molecule has 13 heavy (non-hydrogen) atoms. The van der Waals surface area contributed by atoms with Gasteiger partial charge in [-0.05, 0) is 37.9 Å². The molecule has 66 valence electrons. The smallest absolute Gasteiger partial charge is 0.132 e. The predicted octanol–water partition coefficient (Wildman–Crippen LogP) is 3.90. The van der Waals surface area contributed by atoms with E-state index >= 15 is 0 Å². The van der Waals surface area contributed by atoms with Gasteiger partial charge in [-0.15, -0.1) is 0 Å².